The molecular weight excluding hydrogens is 448 g/mol. The lowest BCUT2D eigenvalue weighted by molar-refractivity contribution is 0.354. The van der Waals surface area contributed by atoms with Gasteiger partial charge in [0.2, 0.25) is 15.2 Å². The fourth-order valence-electron chi connectivity index (χ4n) is 3.16. The first-order valence-electron chi connectivity index (χ1n) is 10.0. The summed E-state index contributed by atoms with van der Waals surface area (Å²) in [6, 6.07) is 12.3. The van der Waals surface area contributed by atoms with E-state index in [1.807, 2.05) is 43.5 Å². The van der Waals surface area contributed by atoms with Crippen molar-refractivity contribution in [3.05, 3.63) is 53.4 Å². The van der Waals surface area contributed by atoms with Gasteiger partial charge in [0.15, 0.2) is 11.5 Å². The number of hydrogen-bond acceptors (Lipinski definition) is 8. The topological polar surface area (TPSA) is 93.1 Å². The maximum absolute atomic E-state index is 12.8. The summed E-state index contributed by atoms with van der Waals surface area (Å²) in [5, 5.41) is 6.67. The number of nitrogens with zero attached hydrogens (tertiary/aromatic N) is 3. The van der Waals surface area contributed by atoms with Gasteiger partial charge in [0, 0.05) is 29.6 Å². The zero-order valence-corrected chi connectivity index (χ0v) is 20.0. The van der Waals surface area contributed by atoms with E-state index in [0.717, 1.165) is 11.1 Å². The van der Waals surface area contributed by atoms with Crippen molar-refractivity contribution in [3.63, 3.8) is 0 Å². The van der Waals surface area contributed by atoms with E-state index in [2.05, 4.69) is 15.5 Å². The quantitative estimate of drug-likeness (QED) is 0.348. The van der Waals surface area contributed by atoms with Crippen molar-refractivity contribution in [2.24, 2.45) is 5.10 Å². The number of rotatable bonds is 10. The molecule has 32 heavy (non-hydrogen) atoms. The second kappa shape index (κ2) is 10.6. The highest BCUT2D eigenvalue weighted by atomic mass is 32.2. The zero-order chi connectivity index (χ0) is 23.1. The predicted molar refractivity (Wildman–Crippen MR) is 128 cm³/mol. The summed E-state index contributed by atoms with van der Waals surface area (Å²) >= 11 is 1.37. The van der Waals surface area contributed by atoms with Crippen LogP contribution in [0.2, 0.25) is 0 Å². The monoisotopic (exact) mass is 474 g/mol. The maximum Gasteiger partial charge on any atom is 0.243 e. The first kappa shape index (κ1) is 23.7. The van der Waals surface area contributed by atoms with Gasteiger partial charge in [0.05, 0.1) is 31.0 Å². The summed E-state index contributed by atoms with van der Waals surface area (Å²) in [5.41, 5.74) is 5.06. The number of hydrogen-bond donors (Lipinski definition) is 1. The van der Waals surface area contributed by atoms with E-state index in [1.54, 1.807) is 38.6 Å². The Morgan fingerprint density at radius 2 is 1.88 bits per heavy atom. The number of sulfonamides is 1. The number of nitrogens with one attached hydrogen (secondary N) is 1. The van der Waals surface area contributed by atoms with Crippen LogP contribution in [0.4, 0.5) is 5.13 Å². The number of benzene rings is 2. The molecule has 0 amide bonds. The summed E-state index contributed by atoms with van der Waals surface area (Å²) in [6.07, 6.45) is 1.62. The van der Waals surface area contributed by atoms with E-state index in [0.29, 0.717) is 35.4 Å². The molecule has 3 aromatic rings. The largest absolute Gasteiger partial charge is 0.493 e. The normalized spacial score (nSPS) is 11.8. The van der Waals surface area contributed by atoms with Crippen LogP contribution in [-0.4, -0.2) is 51.2 Å². The molecule has 170 valence electrons. The van der Waals surface area contributed by atoms with Crippen LogP contribution in [0.1, 0.15) is 19.4 Å². The van der Waals surface area contributed by atoms with Gasteiger partial charge in [-0.15, -0.1) is 11.3 Å². The number of hydrazone groups is 1. The van der Waals surface area contributed by atoms with Gasteiger partial charge >= 0.3 is 0 Å². The van der Waals surface area contributed by atoms with Crippen LogP contribution < -0.4 is 14.9 Å². The Morgan fingerprint density at radius 1 is 1.12 bits per heavy atom. The van der Waals surface area contributed by atoms with Gasteiger partial charge in [-0.05, 0) is 24.3 Å². The van der Waals surface area contributed by atoms with Crippen LogP contribution in [0, 0.1) is 0 Å². The third-order valence-corrected chi connectivity index (χ3v) is 7.57. The molecule has 0 unspecified atom stereocenters. The molecule has 2 aromatic carbocycles. The standard InChI is InChI=1S/C22H26N4O4S2/c1-5-26(6-2)32(27,28)18-11-7-9-16(13-18)19-15-31-22(24-19)25-23-14-17-10-8-12-20(29-3)21(17)30-4/h7-15H,5-6H2,1-4H3,(H,24,25). The number of aromatic nitrogens is 1. The van der Waals surface area contributed by atoms with Gasteiger partial charge in [-0.1, -0.05) is 32.0 Å². The summed E-state index contributed by atoms with van der Waals surface area (Å²) in [5.74, 6) is 1.21. The summed E-state index contributed by atoms with van der Waals surface area (Å²) in [6.45, 7) is 4.49. The second-order valence-electron chi connectivity index (χ2n) is 6.61. The number of thiazole rings is 1. The molecule has 0 spiro atoms. The van der Waals surface area contributed by atoms with Crippen molar-refractivity contribution in [1.29, 1.82) is 0 Å². The molecule has 3 rings (SSSR count). The first-order valence-corrected chi connectivity index (χ1v) is 12.3. The van der Waals surface area contributed by atoms with Crippen LogP contribution >= 0.6 is 11.3 Å². The van der Waals surface area contributed by atoms with Gasteiger partial charge in [0.25, 0.3) is 0 Å². The molecule has 8 nitrogen and oxygen atoms in total. The van der Waals surface area contributed by atoms with Crippen molar-refractivity contribution < 1.29 is 17.9 Å². The Bertz CT molecular complexity index is 1190. The minimum Gasteiger partial charge on any atom is -0.493 e. The van der Waals surface area contributed by atoms with E-state index in [4.69, 9.17) is 9.47 Å². The molecule has 0 aliphatic carbocycles. The van der Waals surface area contributed by atoms with Crippen LogP contribution in [0.3, 0.4) is 0 Å². The van der Waals surface area contributed by atoms with Crippen molar-refractivity contribution in [2.75, 3.05) is 32.7 Å². The molecule has 0 bridgehead atoms. The number of methoxy groups -OCH3 is 2. The van der Waals surface area contributed by atoms with E-state index in [1.165, 1.54) is 15.6 Å². The van der Waals surface area contributed by atoms with E-state index < -0.39 is 10.0 Å². The second-order valence-corrected chi connectivity index (χ2v) is 9.40. The summed E-state index contributed by atoms with van der Waals surface area (Å²) in [4.78, 5) is 4.78. The molecule has 0 aliphatic rings. The molecule has 0 saturated carbocycles. The SMILES string of the molecule is CCN(CC)S(=O)(=O)c1cccc(-c2csc(NN=Cc3cccc(OC)c3OC)n2)c1. The van der Waals surface area contributed by atoms with Gasteiger partial charge in [-0.2, -0.15) is 9.41 Å². The number of para-hydroxylation sites is 1. The Labute approximate surface area is 192 Å². The molecule has 1 aromatic heterocycles. The highest BCUT2D eigenvalue weighted by Gasteiger charge is 2.22. The Kier molecular flexibility index (Phi) is 7.84. The minimum atomic E-state index is -3.53. The molecule has 0 atom stereocenters. The van der Waals surface area contributed by atoms with Crippen LogP contribution in [-0.2, 0) is 10.0 Å². The van der Waals surface area contributed by atoms with Crippen LogP contribution in [0.25, 0.3) is 11.3 Å². The highest BCUT2D eigenvalue weighted by molar-refractivity contribution is 7.89. The van der Waals surface area contributed by atoms with E-state index in [-0.39, 0.29) is 4.90 Å². The molecule has 0 radical (unpaired) electrons. The Hall–Kier alpha value is -2.95. The Balaban J connectivity index is 1.78. The van der Waals surface area contributed by atoms with Crippen molar-refractivity contribution in [1.82, 2.24) is 9.29 Å². The molecule has 10 heteroatoms. The van der Waals surface area contributed by atoms with Crippen LogP contribution in [0.5, 0.6) is 11.5 Å². The smallest absolute Gasteiger partial charge is 0.243 e. The van der Waals surface area contributed by atoms with Gasteiger partial charge in [0.1, 0.15) is 0 Å². The fourth-order valence-corrected chi connectivity index (χ4v) is 5.33. The lowest BCUT2D eigenvalue weighted by atomic mass is 10.2. The summed E-state index contributed by atoms with van der Waals surface area (Å²) < 4.78 is 37.7. The molecular formula is C22H26N4O4S2. The summed E-state index contributed by atoms with van der Waals surface area (Å²) in [7, 11) is -0.381. The van der Waals surface area contributed by atoms with Crippen LogP contribution in [0.15, 0.2) is 57.8 Å². The fraction of sp³-hybridized carbons (Fsp3) is 0.273. The van der Waals surface area contributed by atoms with Crippen molar-refractivity contribution >= 4 is 32.7 Å². The van der Waals surface area contributed by atoms with Gasteiger partial charge < -0.3 is 9.47 Å². The van der Waals surface area contributed by atoms with E-state index >= 15 is 0 Å². The molecule has 0 fully saturated rings. The van der Waals surface area contributed by atoms with Crippen molar-refractivity contribution in [2.45, 2.75) is 18.7 Å². The van der Waals surface area contributed by atoms with Gasteiger partial charge in [-0.3, -0.25) is 5.43 Å². The predicted octanol–water partition coefficient (Wildman–Crippen LogP) is 4.30. The highest BCUT2D eigenvalue weighted by Crippen LogP contribution is 2.30. The molecule has 0 aliphatic heterocycles. The lowest BCUT2D eigenvalue weighted by Crippen LogP contribution is -2.30. The average molecular weight is 475 g/mol. The molecule has 1 heterocycles. The Morgan fingerprint density at radius 3 is 2.56 bits per heavy atom. The van der Waals surface area contributed by atoms with E-state index in [9.17, 15) is 8.42 Å². The average Bonchev–Trinajstić information content (AvgIpc) is 3.28. The van der Waals surface area contributed by atoms with Gasteiger partial charge in [-0.25, -0.2) is 13.4 Å². The van der Waals surface area contributed by atoms with Crippen molar-refractivity contribution in [3.8, 4) is 22.8 Å². The maximum atomic E-state index is 12.8. The number of ether oxygens (including phenoxy) is 2. The molecule has 1 N–H and O–H groups in total. The number of anilines is 1. The third-order valence-electron chi connectivity index (χ3n) is 4.77. The lowest BCUT2D eigenvalue weighted by Gasteiger charge is -2.18. The minimum absolute atomic E-state index is 0.254. The zero-order valence-electron chi connectivity index (χ0n) is 18.4. The third kappa shape index (κ3) is 5.09. The first-order chi connectivity index (χ1) is 15.4. The molecule has 0 saturated heterocycles.